The van der Waals surface area contributed by atoms with E-state index in [1.807, 2.05) is 5.43 Å². The van der Waals surface area contributed by atoms with Crippen LogP contribution in [0.3, 0.4) is 0 Å². The maximum atomic E-state index is 12.7. The summed E-state index contributed by atoms with van der Waals surface area (Å²) < 4.78 is 43.2. The van der Waals surface area contributed by atoms with E-state index >= 15 is 0 Å². The lowest BCUT2D eigenvalue weighted by molar-refractivity contribution is -0.141. The molecule has 1 fully saturated rings. The molecule has 0 saturated carbocycles. The first-order chi connectivity index (χ1) is 9.82. The number of rotatable bonds is 4. The Morgan fingerprint density at radius 3 is 2.57 bits per heavy atom. The monoisotopic (exact) mass is 307 g/mol. The second kappa shape index (κ2) is 6.00. The first kappa shape index (κ1) is 15.7. The standard InChI is InChI=1S/C11H16F3N5O2/c12-11(13,14)7-5-8(18-9(17-7)19-15)16-6-10(20)1-3-21-4-2-10/h5,20H,1-4,6,15H2,(H2,16,17,18,19). The molecule has 118 valence electrons. The van der Waals surface area contributed by atoms with Gasteiger partial charge in [0.15, 0.2) is 5.69 Å². The van der Waals surface area contributed by atoms with Crippen molar-refractivity contribution in [2.24, 2.45) is 5.84 Å². The molecule has 0 unspecified atom stereocenters. The number of nitrogen functional groups attached to an aromatic ring is 1. The lowest BCUT2D eigenvalue weighted by Gasteiger charge is -2.32. The van der Waals surface area contributed by atoms with Crippen molar-refractivity contribution in [2.45, 2.75) is 24.6 Å². The maximum Gasteiger partial charge on any atom is 0.433 e. The number of nitrogens with zero attached hydrogens (tertiary/aromatic N) is 2. The number of anilines is 2. The summed E-state index contributed by atoms with van der Waals surface area (Å²) in [5.41, 5.74) is -0.166. The van der Waals surface area contributed by atoms with Crippen LogP contribution in [0.5, 0.6) is 0 Å². The molecule has 0 atom stereocenters. The lowest BCUT2D eigenvalue weighted by Crippen LogP contribution is -2.42. The highest BCUT2D eigenvalue weighted by Crippen LogP contribution is 2.30. The van der Waals surface area contributed by atoms with Gasteiger partial charge in [-0.1, -0.05) is 0 Å². The summed E-state index contributed by atoms with van der Waals surface area (Å²) >= 11 is 0. The summed E-state index contributed by atoms with van der Waals surface area (Å²) in [4.78, 5) is 7.02. The van der Waals surface area contributed by atoms with E-state index in [0.717, 1.165) is 6.07 Å². The normalized spacial score (nSPS) is 18.3. The molecule has 7 nitrogen and oxygen atoms in total. The second-order valence-corrected chi connectivity index (χ2v) is 4.79. The number of aromatic nitrogens is 2. The van der Waals surface area contributed by atoms with Gasteiger partial charge < -0.3 is 15.2 Å². The number of hydrogen-bond acceptors (Lipinski definition) is 7. The smallest absolute Gasteiger partial charge is 0.388 e. The van der Waals surface area contributed by atoms with Crippen molar-refractivity contribution in [1.82, 2.24) is 9.97 Å². The zero-order valence-corrected chi connectivity index (χ0v) is 11.1. The van der Waals surface area contributed by atoms with Crippen LogP contribution in [-0.4, -0.2) is 40.4 Å². The molecule has 0 aromatic carbocycles. The van der Waals surface area contributed by atoms with Crippen LogP contribution in [0.4, 0.5) is 24.9 Å². The Hall–Kier alpha value is -1.65. The Morgan fingerprint density at radius 2 is 2.00 bits per heavy atom. The Morgan fingerprint density at radius 1 is 1.33 bits per heavy atom. The van der Waals surface area contributed by atoms with Crippen LogP contribution in [0.15, 0.2) is 6.07 Å². The fraction of sp³-hybridized carbons (Fsp3) is 0.636. The number of hydrazine groups is 1. The van der Waals surface area contributed by atoms with Gasteiger partial charge in [-0.15, -0.1) is 0 Å². The SMILES string of the molecule is NNc1nc(NCC2(O)CCOCC2)cc(C(F)(F)F)n1. The third-order valence-electron chi connectivity index (χ3n) is 3.17. The molecule has 10 heteroatoms. The lowest BCUT2D eigenvalue weighted by atomic mass is 9.94. The van der Waals surface area contributed by atoms with Gasteiger partial charge in [-0.3, -0.25) is 5.43 Å². The van der Waals surface area contributed by atoms with Crippen LogP contribution in [0, 0.1) is 0 Å². The summed E-state index contributed by atoms with van der Waals surface area (Å²) in [6, 6.07) is 0.767. The first-order valence-electron chi connectivity index (χ1n) is 6.29. The predicted octanol–water partition coefficient (Wildman–Crippen LogP) is 0.734. The van der Waals surface area contributed by atoms with Gasteiger partial charge in [0.1, 0.15) is 5.82 Å². The van der Waals surface area contributed by atoms with E-state index in [1.54, 1.807) is 0 Å². The number of nitrogens with one attached hydrogen (secondary N) is 2. The third-order valence-corrected chi connectivity index (χ3v) is 3.17. The Labute approximate surface area is 118 Å². The fourth-order valence-corrected chi connectivity index (χ4v) is 1.93. The van der Waals surface area contributed by atoms with Gasteiger partial charge in [-0.2, -0.15) is 18.2 Å². The molecule has 1 aliphatic rings. The second-order valence-electron chi connectivity index (χ2n) is 4.79. The van der Waals surface area contributed by atoms with E-state index in [0.29, 0.717) is 26.1 Å². The van der Waals surface area contributed by atoms with E-state index in [-0.39, 0.29) is 18.3 Å². The van der Waals surface area contributed by atoms with Crippen LogP contribution in [0.2, 0.25) is 0 Å². The molecule has 1 aromatic heterocycles. The molecule has 21 heavy (non-hydrogen) atoms. The van der Waals surface area contributed by atoms with Gasteiger partial charge in [-0.25, -0.2) is 10.8 Å². The molecular formula is C11H16F3N5O2. The summed E-state index contributed by atoms with van der Waals surface area (Å²) in [6.45, 7) is 0.880. The molecule has 2 heterocycles. The van der Waals surface area contributed by atoms with Gasteiger partial charge in [0.25, 0.3) is 0 Å². The molecule has 2 rings (SSSR count). The van der Waals surface area contributed by atoms with Crippen LogP contribution >= 0.6 is 0 Å². The van der Waals surface area contributed by atoms with E-state index in [1.165, 1.54) is 0 Å². The zero-order chi connectivity index (χ0) is 15.5. The molecule has 0 aliphatic carbocycles. The molecule has 0 spiro atoms. The van der Waals surface area contributed by atoms with Crippen molar-refractivity contribution in [1.29, 1.82) is 0 Å². The topological polar surface area (TPSA) is 105 Å². The molecule has 5 N–H and O–H groups in total. The van der Waals surface area contributed by atoms with Crippen LogP contribution in [0.1, 0.15) is 18.5 Å². The summed E-state index contributed by atoms with van der Waals surface area (Å²) in [6.07, 6.45) is -3.81. The zero-order valence-electron chi connectivity index (χ0n) is 11.1. The predicted molar refractivity (Wildman–Crippen MR) is 68.3 cm³/mol. The number of hydrogen-bond donors (Lipinski definition) is 4. The van der Waals surface area contributed by atoms with Crippen LogP contribution in [0.25, 0.3) is 0 Å². The maximum absolute atomic E-state index is 12.7. The minimum Gasteiger partial charge on any atom is -0.388 e. The van der Waals surface area contributed by atoms with Crippen LogP contribution in [-0.2, 0) is 10.9 Å². The number of nitrogens with two attached hydrogens (primary N) is 1. The number of alkyl halides is 3. The van der Waals surface area contributed by atoms with Gasteiger partial charge in [0, 0.05) is 38.7 Å². The van der Waals surface area contributed by atoms with Crippen molar-refractivity contribution >= 4 is 11.8 Å². The molecule has 1 aromatic rings. The van der Waals surface area contributed by atoms with Crippen molar-refractivity contribution in [3.63, 3.8) is 0 Å². The number of ether oxygens (including phenoxy) is 1. The summed E-state index contributed by atoms with van der Waals surface area (Å²) in [7, 11) is 0. The largest absolute Gasteiger partial charge is 0.433 e. The van der Waals surface area contributed by atoms with E-state index in [2.05, 4.69) is 15.3 Å². The van der Waals surface area contributed by atoms with Gasteiger partial charge in [0.2, 0.25) is 5.95 Å². The highest BCUT2D eigenvalue weighted by Gasteiger charge is 2.34. The van der Waals surface area contributed by atoms with Gasteiger partial charge >= 0.3 is 6.18 Å². The molecule has 0 amide bonds. The Kier molecular flexibility index (Phi) is 4.49. The number of aliphatic hydroxyl groups is 1. The Bertz CT molecular complexity index is 491. The van der Waals surface area contributed by atoms with Gasteiger partial charge in [-0.05, 0) is 0 Å². The average molecular weight is 307 g/mol. The average Bonchev–Trinajstić information content (AvgIpc) is 2.45. The van der Waals surface area contributed by atoms with E-state index < -0.39 is 17.5 Å². The molecule has 1 saturated heterocycles. The highest BCUT2D eigenvalue weighted by molar-refractivity contribution is 5.43. The first-order valence-corrected chi connectivity index (χ1v) is 6.29. The Balaban J connectivity index is 2.12. The fourth-order valence-electron chi connectivity index (χ4n) is 1.93. The van der Waals surface area contributed by atoms with Crippen molar-refractivity contribution in [3.8, 4) is 0 Å². The van der Waals surface area contributed by atoms with Crippen LogP contribution < -0.4 is 16.6 Å². The molecule has 0 radical (unpaired) electrons. The molecule has 1 aliphatic heterocycles. The van der Waals surface area contributed by atoms with E-state index in [4.69, 9.17) is 10.6 Å². The quantitative estimate of drug-likeness (QED) is 0.480. The molecular weight excluding hydrogens is 291 g/mol. The highest BCUT2D eigenvalue weighted by atomic mass is 19.4. The number of halogens is 3. The minimum absolute atomic E-state index is 0.0642. The summed E-state index contributed by atoms with van der Waals surface area (Å²) in [5.74, 6) is 4.64. The van der Waals surface area contributed by atoms with Gasteiger partial charge in [0.05, 0.1) is 5.60 Å². The minimum atomic E-state index is -4.61. The van der Waals surface area contributed by atoms with E-state index in [9.17, 15) is 18.3 Å². The molecule has 0 bridgehead atoms. The third kappa shape index (κ3) is 4.16. The van der Waals surface area contributed by atoms with Crippen molar-refractivity contribution in [3.05, 3.63) is 11.8 Å². The summed E-state index contributed by atoms with van der Waals surface area (Å²) in [5, 5.41) is 12.9. The van der Waals surface area contributed by atoms with Crippen molar-refractivity contribution < 1.29 is 23.0 Å². The van der Waals surface area contributed by atoms with Crippen molar-refractivity contribution in [2.75, 3.05) is 30.5 Å².